The predicted octanol–water partition coefficient (Wildman–Crippen LogP) is 3.60. The van der Waals surface area contributed by atoms with E-state index in [1.165, 1.54) is 0 Å². The van der Waals surface area contributed by atoms with Crippen LogP contribution in [0.15, 0.2) is 22.9 Å². The minimum Gasteiger partial charge on any atom is -0.381 e. The number of anilines is 1. The van der Waals surface area contributed by atoms with Crippen molar-refractivity contribution in [2.24, 2.45) is 0 Å². The monoisotopic (exact) mass is 298 g/mol. The lowest BCUT2D eigenvalue weighted by Crippen LogP contribution is -2.41. The fourth-order valence-electron chi connectivity index (χ4n) is 2.20. The summed E-state index contributed by atoms with van der Waals surface area (Å²) < 4.78 is 6.71. The lowest BCUT2D eigenvalue weighted by molar-refractivity contribution is -0.0708. The number of hydrogen-bond acceptors (Lipinski definition) is 3. The highest BCUT2D eigenvalue weighted by molar-refractivity contribution is 9.10. The first-order chi connectivity index (χ1) is 8.11. The molecule has 1 aliphatic rings. The second kappa shape index (κ2) is 5.36. The molecule has 1 fully saturated rings. The average Bonchev–Trinajstić information content (AvgIpc) is 2.32. The lowest BCUT2D eigenvalue weighted by Gasteiger charge is -2.38. The van der Waals surface area contributed by atoms with Crippen LogP contribution in [-0.4, -0.2) is 23.2 Å². The smallest absolute Gasteiger partial charge is 0.106 e. The maximum Gasteiger partial charge on any atom is 0.106 e. The Kier molecular flexibility index (Phi) is 4.05. The third-order valence-corrected chi connectivity index (χ3v) is 3.91. The second-order valence-corrected chi connectivity index (χ2v) is 5.67. The molecule has 17 heavy (non-hydrogen) atoms. The molecule has 1 N–H and O–H groups in total. The fraction of sp³-hybridized carbons (Fsp3) is 0.615. The number of hydrogen-bond donors (Lipinski definition) is 1. The highest BCUT2D eigenvalue weighted by Crippen LogP contribution is 2.29. The first-order valence-corrected chi connectivity index (χ1v) is 6.93. The third kappa shape index (κ3) is 3.42. The number of halogens is 1. The SMILES string of the molecule is CCC1(C)CC(Nc2ccc(Br)nc2)CCO1. The van der Waals surface area contributed by atoms with Crippen molar-refractivity contribution in [3.05, 3.63) is 22.9 Å². The van der Waals surface area contributed by atoms with Crippen molar-refractivity contribution in [3.8, 4) is 0 Å². The molecule has 0 aromatic carbocycles. The van der Waals surface area contributed by atoms with Gasteiger partial charge in [0.1, 0.15) is 4.60 Å². The van der Waals surface area contributed by atoms with Gasteiger partial charge in [0.15, 0.2) is 0 Å². The number of aromatic nitrogens is 1. The number of pyridine rings is 1. The number of nitrogens with one attached hydrogen (secondary N) is 1. The molecule has 0 amide bonds. The largest absolute Gasteiger partial charge is 0.381 e. The molecular formula is C13H19BrN2O. The zero-order valence-corrected chi connectivity index (χ0v) is 12.0. The van der Waals surface area contributed by atoms with Crippen molar-refractivity contribution >= 4 is 21.6 Å². The van der Waals surface area contributed by atoms with E-state index in [1.807, 2.05) is 12.3 Å². The molecule has 94 valence electrons. The lowest BCUT2D eigenvalue weighted by atomic mass is 9.90. The molecule has 4 heteroatoms. The van der Waals surface area contributed by atoms with E-state index in [-0.39, 0.29) is 5.60 Å². The van der Waals surface area contributed by atoms with Crippen LogP contribution in [0.5, 0.6) is 0 Å². The summed E-state index contributed by atoms with van der Waals surface area (Å²) in [5.74, 6) is 0. The second-order valence-electron chi connectivity index (χ2n) is 4.86. The van der Waals surface area contributed by atoms with Crippen molar-refractivity contribution in [1.82, 2.24) is 4.98 Å². The molecule has 1 aliphatic heterocycles. The molecule has 2 rings (SSSR count). The van der Waals surface area contributed by atoms with E-state index >= 15 is 0 Å². The van der Waals surface area contributed by atoms with E-state index in [4.69, 9.17) is 4.74 Å². The van der Waals surface area contributed by atoms with Crippen LogP contribution in [0.1, 0.15) is 33.1 Å². The van der Waals surface area contributed by atoms with Crippen LogP contribution in [-0.2, 0) is 4.74 Å². The zero-order chi connectivity index (χ0) is 12.3. The van der Waals surface area contributed by atoms with Gasteiger partial charge in [-0.3, -0.25) is 0 Å². The Bertz CT molecular complexity index is 368. The van der Waals surface area contributed by atoms with Crippen molar-refractivity contribution in [1.29, 1.82) is 0 Å². The van der Waals surface area contributed by atoms with Gasteiger partial charge >= 0.3 is 0 Å². The van der Waals surface area contributed by atoms with Crippen LogP contribution in [0, 0.1) is 0 Å². The molecule has 1 aromatic rings. The Morgan fingerprint density at radius 1 is 1.59 bits per heavy atom. The molecular weight excluding hydrogens is 280 g/mol. The fourth-order valence-corrected chi connectivity index (χ4v) is 2.43. The van der Waals surface area contributed by atoms with Crippen molar-refractivity contribution in [2.75, 3.05) is 11.9 Å². The van der Waals surface area contributed by atoms with Crippen LogP contribution in [0.2, 0.25) is 0 Å². The van der Waals surface area contributed by atoms with E-state index in [1.54, 1.807) is 0 Å². The van der Waals surface area contributed by atoms with E-state index in [2.05, 4.69) is 46.1 Å². The predicted molar refractivity (Wildman–Crippen MR) is 73.2 cm³/mol. The van der Waals surface area contributed by atoms with Gasteiger partial charge in [-0.15, -0.1) is 0 Å². The topological polar surface area (TPSA) is 34.2 Å². The Hall–Kier alpha value is -0.610. The highest BCUT2D eigenvalue weighted by atomic mass is 79.9. The summed E-state index contributed by atoms with van der Waals surface area (Å²) in [4.78, 5) is 4.22. The molecule has 2 unspecified atom stereocenters. The molecule has 0 radical (unpaired) electrons. The maximum atomic E-state index is 5.84. The van der Waals surface area contributed by atoms with Crippen molar-refractivity contribution in [2.45, 2.75) is 44.8 Å². The molecule has 0 aliphatic carbocycles. The van der Waals surface area contributed by atoms with Gasteiger partial charge < -0.3 is 10.1 Å². The van der Waals surface area contributed by atoms with Crippen LogP contribution in [0.3, 0.4) is 0 Å². The first kappa shape index (κ1) is 12.8. The number of ether oxygens (including phenoxy) is 1. The zero-order valence-electron chi connectivity index (χ0n) is 10.4. The Morgan fingerprint density at radius 2 is 2.41 bits per heavy atom. The Labute approximate surface area is 111 Å². The van der Waals surface area contributed by atoms with Gasteiger partial charge in [-0.25, -0.2) is 4.98 Å². The minimum absolute atomic E-state index is 0.0265. The van der Waals surface area contributed by atoms with Gasteiger partial charge in [-0.2, -0.15) is 0 Å². The summed E-state index contributed by atoms with van der Waals surface area (Å²) in [5.41, 5.74) is 1.11. The first-order valence-electron chi connectivity index (χ1n) is 6.13. The van der Waals surface area contributed by atoms with Crippen LogP contribution in [0.25, 0.3) is 0 Å². The average molecular weight is 299 g/mol. The number of rotatable bonds is 3. The maximum absolute atomic E-state index is 5.84. The van der Waals surface area contributed by atoms with E-state index < -0.39 is 0 Å². The van der Waals surface area contributed by atoms with Gasteiger partial charge in [-0.05, 0) is 54.2 Å². The van der Waals surface area contributed by atoms with E-state index in [9.17, 15) is 0 Å². The van der Waals surface area contributed by atoms with Gasteiger partial charge in [0.05, 0.1) is 17.5 Å². The normalized spacial score (nSPS) is 29.0. The quantitative estimate of drug-likeness (QED) is 0.866. The van der Waals surface area contributed by atoms with Crippen molar-refractivity contribution in [3.63, 3.8) is 0 Å². The summed E-state index contributed by atoms with van der Waals surface area (Å²) in [7, 11) is 0. The summed E-state index contributed by atoms with van der Waals surface area (Å²) in [6.07, 6.45) is 5.04. The van der Waals surface area contributed by atoms with Gasteiger partial charge in [0.25, 0.3) is 0 Å². The Balaban J connectivity index is 1.97. The highest BCUT2D eigenvalue weighted by Gasteiger charge is 2.31. The number of nitrogens with zero attached hydrogens (tertiary/aromatic N) is 1. The summed E-state index contributed by atoms with van der Waals surface area (Å²) in [6.45, 7) is 5.22. The molecule has 0 saturated carbocycles. The summed E-state index contributed by atoms with van der Waals surface area (Å²) in [6, 6.07) is 4.49. The standard InChI is InChI=1S/C13H19BrN2O/c1-3-13(2)8-10(6-7-17-13)16-11-4-5-12(14)15-9-11/h4-5,9-10,16H,3,6-8H2,1-2H3. The molecule has 2 heterocycles. The van der Waals surface area contributed by atoms with Crippen molar-refractivity contribution < 1.29 is 4.74 Å². The molecule has 1 saturated heterocycles. The van der Waals surface area contributed by atoms with Gasteiger partial charge in [0.2, 0.25) is 0 Å². The van der Waals surface area contributed by atoms with Gasteiger partial charge in [-0.1, -0.05) is 6.92 Å². The van der Waals surface area contributed by atoms with E-state index in [0.717, 1.165) is 36.2 Å². The molecule has 0 spiro atoms. The molecule has 0 bridgehead atoms. The van der Waals surface area contributed by atoms with Crippen LogP contribution in [0.4, 0.5) is 5.69 Å². The van der Waals surface area contributed by atoms with E-state index in [0.29, 0.717) is 6.04 Å². The molecule has 3 nitrogen and oxygen atoms in total. The third-order valence-electron chi connectivity index (χ3n) is 3.44. The van der Waals surface area contributed by atoms with Crippen LogP contribution >= 0.6 is 15.9 Å². The molecule has 1 aromatic heterocycles. The molecule has 2 atom stereocenters. The van der Waals surface area contributed by atoms with Crippen LogP contribution < -0.4 is 5.32 Å². The minimum atomic E-state index is 0.0265. The Morgan fingerprint density at radius 3 is 3.06 bits per heavy atom. The summed E-state index contributed by atoms with van der Waals surface area (Å²) >= 11 is 3.34. The van der Waals surface area contributed by atoms with Gasteiger partial charge in [0, 0.05) is 12.6 Å². The summed E-state index contributed by atoms with van der Waals surface area (Å²) in [5, 5.41) is 3.53.